The fourth-order valence-corrected chi connectivity index (χ4v) is 12.0. The first-order chi connectivity index (χ1) is 19.0. The zero-order chi connectivity index (χ0) is 28.3. The minimum atomic E-state index is -2.73. The molecule has 0 unspecified atom stereocenters. The Balaban J connectivity index is 1.44. The molecule has 2 aromatic heterocycles. The van der Waals surface area contributed by atoms with E-state index in [2.05, 4.69) is 131 Å². The molecule has 2 aliphatic rings. The molecule has 4 aromatic rings. The third-order valence-corrected chi connectivity index (χ3v) is 14.0. The van der Waals surface area contributed by atoms with E-state index in [1.165, 1.54) is 16.7 Å². The van der Waals surface area contributed by atoms with Crippen LogP contribution in [-0.2, 0) is 13.9 Å². The van der Waals surface area contributed by atoms with Gasteiger partial charge in [0.15, 0.2) is 5.79 Å². The van der Waals surface area contributed by atoms with Gasteiger partial charge < -0.3 is 18.5 Å². The van der Waals surface area contributed by atoms with E-state index in [-0.39, 0.29) is 23.3 Å². The van der Waals surface area contributed by atoms with Crippen LogP contribution in [0.2, 0.25) is 10.2 Å². The highest BCUT2D eigenvalue weighted by molar-refractivity contribution is 14.1. The number of rotatable bonds is 6. The van der Waals surface area contributed by atoms with Crippen LogP contribution in [0, 0.1) is 3.57 Å². The van der Waals surface area contributed by atoms with Crippen LogP contribution in [0.3, 0.4) is 0 Å². The van der Waals surface area contributed by atoms with E-state index in [4.69, 9.17) is 25.5 Å². The fraction of sp³-hybridized carbons (Fsp3) is 0.355. The van der Waals surface area contributed by atoms with Gasteiger partial charge in [0.05, 0.1) is 18.0 Å². The van der Waals surface area contributed by atoms with E-state index in [0.29, 0.717) is 11.8 Å². The van der Waals surface area contributed by atoms with E-state index >= 15 is 0 Å². The summed E-state index contributed by atoms with van der Waals surface area (Å²) in [5.74, 6) is -0.715. The Morgan fingerprint density at radius 1 is 1.00 bits per heavy atom. The van der Waals surface area contributed by atoms with Crippen molar-refractivity contribution in [2.24, 2.45) is 0 Å². The van der Waals surface area contributed by atoms with E-state index in [0.717, 1.165) is 20.2 Å². The van der Waals surface area contributed by atoms with Crippen LogP contribution in [0.15, 0.2) is 84.8 Å². The van der Waals surface area contributed by atoms with Crippen molar-refractivity contribution in [3.63, 3.8) is 0 Å². The van der Waals surface area contributed by atoms with Crippen molar-refractivity contribution in [3.05, 3.63) is 93.6 Å². The molecule has 6 rings (SSSR count). The molecule has 3 atom stereocenters. The largest absolute Gasteiger partial charge is 0.403 e. The zero-order valence-electron chi connectivity index (χ0n) is 23.3. The van der Waals surface area contributed by atoms with Crippen LogP contribution >= 0.6 is 34.2 Å². The first kappa shape index (κ1) is 28.1. The van der Waals surface area contributed by atoms with Crippen molar-refractivity contribution >= 4 is 63.9 Å². The van der Waals surface area contributed by atoms with Gasteiger partial charge in [-0.25, -0.2) is 9.97 Å². The molecule has 3 heterocycles. The van der Waals surface area contributed by atoms with Crippen molar-refractivity contribution in [1.29, 1.82) is 0 Å². The number of aromatic nitrogens is 3. The van der Waals surface area contributed by atoms with Gasteiger partial charge >= 0.3 is 0 Å². The first-order valence-electron chi connectivity index (χ1n) is 13.5. The lowest BCUT2D eigenvalue weighted by Gasteiger charge is -2.43. The van der Waals surface area contributed by atoms with Crippen LogP contribution in [0.25, 0.3) is 11.0 Å². The maximum Gasteiger partial charge on any atom is 0.261 e. The lowest BCUT2D eigenvalue weighted by atomic mass is 10.1. The molecule has 0 spiro atoms. The average Bonchev–Trinajstić information content (AvgIpc) is 3.53. The Labute approximate surface area is 255 Å². The van der Waals surface area contributed by atoms with Crippen LogP contribution < -0.4 is 10.4 Å². The number of fused-ring (bicyclic) bond motifs is 2. The van der Waals surface area contributed by atoms with E-state index in [1.54, 1.807) is 0 Å². The molecule has 1 aliphatic carbocycles. The Kier molecular flexibility index (Phi) is 7.24. The van der Waals surface area contributed by atoms with Crippen LogP contribution in [0.5, 0.6) is 0 Å². The highest BCUT2D eigenvalue weighted by Crippen LogP contribution is 2.46. The van der Waals surface area contributed by atoms with Gasteiger partial charge in [0.2, 0.25) is 0 Å². The van der Waals surface area contributed by atoms with Gasteiger partial charge in [-0.3, -0.25) is 0 Å². The van der Waals surface area contributed by atoms with Crippen LogP contribution in [-0.4, -0.2) is 47.5 Å². The molecular weight excluding hydrogens is 653 g/mol. The second-order valence-corrected chi connectivity index (χ2v) is 17.8. The summed E-state index contributed by atoms with van der Waals surface area (Å²) in [6.45, 7) is 11.3. The van der Waals surface area contributed by atoms with Gasteiger partial charge in [-0.05, 0) is 57.4 Å². The third-order valence-electron chi connectivity index (χ3n) is 7.93. The highest BCUT2D eigenvalue weighted by atomic mass is 127. The van der Waals surface area contributed by atoms with E-state index in [9.17, 15) is 0 Å². The molecule has 1 fully saturated rings. The predicted molar refractivity (Wildman–Crippen MR) is 170 cm³/mol. The second-order valence-electron chi connectivity index (χ2n) is 12.0. The summed E-state index contributed by atoms with van der Waals surface area (Å²) >= 11 is 8.77. The summed E-state index contributed by atoms with van der Waals surface area (Å²) in [5, 5.41) is 3.68. The number of nitrogens with zero attached hydrogens (tertiary/aromatic N) is 3. The maximum absolute atomic E-state index is 7.30. The van der Waals surface area contributed by atoms with Crippen molar-refractivity contribution in [2.45, 2.75) is 63.7 Å². The molecule has 40 heavy (non-hydrogen) atoms. The minimum Gasteiger partial charge on any atom is -0.403 e. The molecule has 0 saturated carbocycles. The van der Waals surface area contributed by atoms with Crippen molar-refractivity contribution in [2.75, 3.05) is 6.61 Å². The summed E-state index contributed by atoms with van der Waals surface area (Å²) in [6.07, 6.45) is 5.38. The Bertz CT molecular complexity index is 1530. The number of benzene rings is 2. The van der Waals surface area contributed by atoms with E-state index in [1.807, 2.05) is 13.8 Å². The molecule has 1 aliphatic heterocycles. The fourth-order valence-electron chi connectivity index (χ4n) is 6.29. The maximum atomic E-state index is 7.30. The number of halogens is 2. The lowest BCUT2D eigenvalue weighted by Crippen LogP contribution is -2.66. The zero-order valence-corrected chi connectivity index (χ0v) is 27.2. The average molecular weight is 686 g/mol. The number of hydrogen-bond donors (Lipinski definition) is 0. The van der Waals surface area contributed by atoms with Gasteiger partial charge in [-0.15, -0.1) is 0 Å². The topological polar surface area (TPSA) is 58.4 Å². The SMILES string of the molecule is CC1(C)O[C@@H]2[C@H](O1)C(CO[Si](c1ccccc1)(c1ccccc1)C(C)(C)C)=C[C@H]2n1cc(I)c2c(Cl)ncnc21. The number of hydrogen-bond acceptors (Lipinski definition) is 5. The lowest BCUT2D eigenvalue weighted by molar-refractivity contribution is -0.148. The van der Waals surface area contributed by atoms with Crippen LogP contribution in [0.1, 0.15) is 40.7 Å². The van der Waals surface area contributed by atoms with Gasteiger partial charge in [0, 0.05) is 9.77 Å². The van der Waals surface area contributed by atoms with Gasteiger partial charge in [0.25, 0.3) is 8.32 Å². The molecule has 0 amide bonds. The summed E-state index contributed by atoms with van der Waals surface area (Å²) in [5.41, 5.74) is 1.87. The van der Waals surface area contributed by atoms with Gasteiger partial charge in [0.1, 0.15) is 29.3 Å². The molecule has 0 radical (unpaired) electrons. The summed E-state index contributed by atoms with van der Waals surface area (Å²) in [4.78, 5) is 8.79. The van der Waals surface area contributed by atoms with Gasteiger partial charge in [-0.2, -0.15) is 0 Å². The molecule has 2 aromatic carbocycles. The van der Waals surface area contributed by atoms with Gasteiger partial charge in [-0.1, -0.05) is 99.1 Å². The van der Waals surface area contributed by atoms with Crippen molar-refractivity contribution < 1.29 is 13.9 Å². The summed E-state index contributed by atoms with van der Waals surface area (Å²) in [6, 6.07) is 21.3. The van der Waals surface area contributed by atoms with Crippen LogP contribution in [0.4, 0.5) is 0 Å². The van der Waals surface area contributed by atoms with Crippen molar-refractivity contribution in [3.8, 4) is 0 Å². The monoisotopic (exact) mass is 685 g/mol. The molecule has 0 bridgehead atoms. The Morgan fingerprint density at radius 3 is 2.23 bits per heavy atom. The molecule has 1 saturated heterocycles. The molecule has 9 heteroatoms. The minimum absolute atomic E-state index is 0.124. The Hall–Kier alpha value is -2.08. The molecule has 208 valence electrons. The highest BCUT2D eigenvalue weighted by Gasteiger charge is 2.54. The molecule has 0 N–H and O–H groups in total. The normalized spacial score (nSPS) is 22.5. The smallest absolute Gasteiger partial charge is 0.261 e. The molecule has 6 nitrogen and oxygen atoms in total. The molecular formula is C31H33ClIN3O3Si. The predicted octanol–water partition coefficient (Wildman–Crippen LogP) is 6.27. The first-order valence-corrected chi connectivity index (χ1v) is 16.9. The third kappa shape index (κ3) is 4.66. The standard InChI is InChI=1S/C31H33ClIN3O3Si/c1-30(2,3)40(21-12-8-6-9-13-21,22-14-10-7-11-15-22)37-18-20-16-24(27-26(20)38-31(4,5)39-27)36-17-23(33)25-28(32)34-19-35-29(25)36/h6-17,19,24,26-27H,18H2,1-5H3/t24-,26-,27+/m1/s1. The van der Waals surface area contributed by atoms with E-state index < -0.39 is 14.1 Å². The Morgan fingerprint density at radius 2 is 1.62 bits per heavy atom. The quantitative estimate of drug-likeness (QED) is 0.104. The summed E-state index contributed by atoms with van der Waals surface area (Å²) < 4.78 is 23.5. The van der Waals surface area contributed by atoms with Crippen molar-refractivity contribution in [1.82, 2.24) is 14.5 Å². The number of ether oxygens (including phenoxy) is 2. The summed E-state index contributed by atoms with van der Waals surface area (Å²) in [7, 11) is -2.73. The second kappa shape index (κ2) is 10.3.